The van der Waals surface area contributed by atoms with Crippen LogP contribution >= 0.6 is 0 Å². The maximum atomic E-state index is 4.45. The van der Waals surface area contributed by atoms with Gasteiger partial charge < -0.3 is 16.0 Å². The fraction of sp³-hybridized carbons (Fsp3) is 0.714. The van der Waals surface area contributed by atoms with Gasteiger partial charge in [-0.1, -0.05) is 20.8 Å². The van der Waals surface area contributed by atoms with Crippen LogP contribution in [0.2, 0.25) is 0 Å². The van der Waals surface area contributed by atoms with E-state index in [1.54, 1.807) is 0 Å². The molecular formula is C14H25N5. The fourth-order valence-electron chi connectivity index (χ4n) is 2.07. The zero-order chi connectivity index (χ0) is 13.9. The van der Waals surface area contributed by atoms with Gasteiger partial charge in [-0.05, 0) is 25.3 Å². The molecule has 1 aliphatic heterocycles. The summed E-state index contributed by atoms with van der Waals surface area (Å²) in [6.45, 7) is 11.5. The lowest BCUT2D eigenvalue weighted by Gasteiger charge is -2.20. The van der Waals surface area contributed by atoms with Crippen LogP contribution in [0.15, 0.2) is 6.07 Å². The molecule has 1 aromatic heterocycles. The highest BCUT2D eigenvalue weighted by atomic mass is 15.1. The summed E-state index contributed by atoms with van der Waals surface area (Å²) in [6.07, 6.45) is 1.15. The van der Waals surface area contributed by atoms with E-state index in [0.29, 0.717) is 6.04 Å². The van der Waals surface area contributed by atoms with Crippen molar-refractivity contribution >= 4 is 11.6 Å². The number of aromatic nitrogens is 2. The second-order valence-corrected chi connectivity index (χ2v) is 6.43. The third-order valence-corrected chi connectivity index (χ3v) is 3.05. The van der Waals surface area contributed by atoms with Crippen molar-refractivity contribution in [2.24, 2.45) is 5.41 Å². The van der Waals surface area contributed by atoms with Gasteiger partial charge in [-0.15, -0.1) is 0 Å². The van der Waals surface area contributed by atoms with Crippen LogP contribution < -0.4 is 16.0 Å². The van der Waals surface area contributed by atoms with Crippen molar-refractivity contribution in [2.75, 3.05) is 30.3 Å². The zero-order valence-corrected chi connectivity index (χ0v) is 12.4. The van der Waals surface area contributed by atoms with Gasteiger partial charge in [0.05, 0.1) is 0 Å². The monoisotopic (exact) mass is 263 g/mol. The third kappa shape index (κ3) is 4.67. The lowest BCUT2D eigenvalue weighted by atomic mass is 9.97. The number of hydrogen-bond donors (Lipinski definition) is 3. The number of hydrogen-bond acceptors (Lipinski definition) is 5. The molecular weight excluding hydrogens is 238 g/mol. The van der Waals surface area contributed by atoms with Gasteiger partial charge in [-0.25, -0.2) is 9.97 Å². The normalized spacial score (nSPS) is 19.5. The summed E-state index contributed by atoms with van der Waals surface area (Å²) >= 11 is 0. The Morgan fingerprint density at radius 3 is 2.68 bits per heavy atom. The molecule has 1 unspecified atom stereocenters. The van der Waals surface area contributed by atoms with Crippen molar-refractivity contribution in [1.82, 2.24) is 15.3 Å². The van der Waals surface area contributed by atoms with Gasteiger partial charge in [0.1, 0.15) is 17.5 Å². The van der Waals surface area contributed by atoms with Gasteiger partial charge in [-0.3, -0.25) is 0 Å². The largest absolute Gasteiger partial charge is 0.369 e. The second-order valence-electron chi connectivity index (χ2n) is 6.43. The van der Waals surface area contributed by atoms with Gasteiger partial charge in [0, 0.05) is 25.2 Å². The third-order valence-electron chi connectivity index (χ3n) is 3.05. The summed E-state index contributed by atoms with van der Waals surface area (Å²) < 4.78 is 0. The average molecular weight is 263 g/mol. The van der Waals surface area contributed by atoms with Crippen molar-refractivity contribution < 1.29 is 0 Å². The number of nitrogens with one attached hydrogen (secondary N) is 3. The van der Waals surface area contributed by atoms with Gasteiger partial charge in [0.15, 0.2) is 0 Å². The van der Waals surface area contributed by atoms with Crippen molar-refractivity contribution in [2.45, 2.75) is 40.2 Å². The van der Waals surface area contributed by atoms with Gasteiger partial charge in [-0.2, -0.15) is 0 Å². The maximum Gasteiger partial charge on any atom is 0.132 e. The Kier molecular flexibility index (Phi) is 4.24. The summed E-state index contributed by atoms with van der Waals surface area (Å²) in [4.78, 5) is 8.89. The van der Waals surface area contributed by atoms with Crippen molar-refractivity contribution in [3.63, 3.8) is 0 Å². The quantitative estimate of drug-likeness (QED) is 0.776. The van der Waals surface area contributed by atoms with Crippen LogP contribution in [0.1, 0.15) is 33.0 Å². The van der Waals surface area contributed by atoms with Crippen molar-refractivity contribution in [1.29, 1.82) is 0 Å². The zero-order valence-electron chi connectivity index (χ0n) is 12.4. The van der Waals surface area contributed by atoms with E-state index < -0.39 is 0 Å². The van der Waals surface area contributed by atoms with E-state index in [-0.39, 0.29) is 5.41 Å². The molecule has 2 heterocycles. The van der Waals surface area contributed by atoms with E-state index in [2.05, 4.69) is 46.7 Å². The van der Waals surface area contributed by atoms with Crippen LogP contribution in [0, 0.1) is 12.3 Å². The minimum absolute atomic E-state index is 0.238. The Labute approximate surface area is 115 Å². The average Bonchev–Trinajstić information content (AvgIpc) is 2.77. The summed E-state index contributed by atoms with van der Waals surface area (Å²) in [6, 6.07) is 2.47. The standard InChI is InChI=1S/C14H25N5/c1-10-17-12(16-9-14(2,3)4)7-13(18-10)19-11-5-6-15-8-11/h7,11,15H,5-6,8-9H2,1-4H3,(H2,16,17,18,19). The van der Waals surface area contributed by atoms with Crippen LogP contribution in [0.3, 0.4) is 0 Å². The number of anilines is 2. The molecule has 0 aliphatic carbocycles. The fourth-order valence-corrected chi connectivity index (χ4v) is 2.07. The van der Waals surface area contributed by atoms with Crippen LogP contribution in [0.5, 0.6) is 0 Å². The Hall–Kier alpha value is -1.36. The summed E-state index contributed by atoms with van der Waals surface area (Å²) in [5, 5.41) is 10.2. The molecule has 5 nitrogen and oxygen atoms in total. The molecule has 3 N–H and O–H groups in total. The minimum Gasteiger partial charge on any atom is -0.369 e. The lowest BCUT2D eigenvalue weighted by Crippen LogP contribution is -2.23. The van der Waals surface area contributed by atoms with Crippen LogP contribution in [0.4, 0.5) is 11.6 Å². The molecule has 1 atom stereocenters. The summed E-state index contributed by atoms with van der Waals surface area (Å²) in [5.41, 5.74) is 0.238. The van der Waals surface area contributed by atoms with E-state index in [0.717, 1.165) is 43.5 Å². The molecule has 1 fully saturated rings. The van der Waals surface area contributed by atoms with Crippen LogP contribution in [0.25, 0.3) is 0 Å². The first kappa shape index (κ1) is 14.1. The molecule has 106 valence electrons. The molecule has 1 aliphatic rings. The second kappa shape index (κ2) is 5.74. The minimum atomic E-state index is 0.238. The van der Waals surface area contributed by atoms with E-state index in [1.165, 1.54) is 0 Å². The molecule has 0 aromatic carbocycles. The van der Waals surface area contributed by atoms with Gasteiger partial charge in [0.2, 0.25) is 0 Å². The Balaban J connectivity index is 2.01. The van der Waals surface area contributed by atoms with Gasteiger partial charge in [0.25, 0.3) is 0 Å². The molecule has 0 radical (unpaired) electrons. The molecule has 0 bridgehead atoms. The first-order valence-electron chi connectivity index (χ1n) is 6.99. The first-order valence-corrected chi connectivity index (χ1v) is 6.99. The lowest BCUT2D eigenvalue weighted by molar-refractivity contribution is 0.442. The SMILES string of the molecule is Cc1nc(NCC(C)(C)C)cc(NC2CCNC2)n1. The highest BCUT2D eigenvalue weighted by Crippen LogP contribution is 2.17. The first-order chi connectivity index (χ1) is 8.92. The van der Waals surface area contributed by atoms with Crippen LogP contribution in [-0.4, -0.2) is 35.6 Å². The predicted molar refractivity (Wildman–Crippen MR) is 79.6 cm³/mol. The van der Waals surface area contributed by atoms with Crippen LogP contribution in [-0.2, 0) is 0 Å². The summed E-state index contributed by atoms with van der Waals surface area (Å²) in [5.74, 6) is 2.61. The maximum absolute atomic E-state index is 4.45. The molecule has 5 heteroatoms. The molecule has 2 rings (SSSR count). The van der Waals surface area contributed by atoms with Gasteiger partial charge >= 0.3 is 0 Å². The number of nitrogens with zero attached hydrogens (tertiary/aromatic N) is 2. The topological polar surface area (TPSA) is 61.9 Å². The molecule has 1 saturated heterocycles. The van der Waals surface area contributed by atoms with Crippen molar-refractivity contribution in [3.05, 3.63) is 11.9 Å². The Bertz CT molecular complexity index is 418. The smallest absolute Gasteiger partial charge is 0.132 e. The Morgan fingerprint density at radius 1 is 1.32 bits per heavy atom. The molecule has 0 amide bonds. The predicted octanol–water partition coefficient (Wildman–Crippen LogP) is 2.02. The van der Waals surface area contributed by atoms with E-state index in [1.807, 2.05) is 13.0 Å². The van der Waals surface area contributed by atoms with E-state index >= 15 is 0 Å². The molecule has 1 aromatic rings. The van der Waals surface area contributed by atoms with Crippen molar-refractivity contribution in [3.8, 4) is 0 Å². The Morgan fingerprint density at radius 2 is 2.05 bits per heavy atom. The number of aryl methyl sites for hydroxylation is 1. The highest BCUT2D eigenvalue weighted by Gasteiger charge is 2.15. The molecule has 19 heavy (non-hydrogen) atoms. The molecule has 0 spiro atoms. The molecule has 0 saturated carbocycles. The number of rotatable bonds is 4. The van der Waals surface area contributed by atoms with E-state index in [9.17, 15) is 0 Å². The summed E-state index contributed by atoms with van der Waals surface area (Å²) in [7, 11) is 0. The highest BCUT2D eigenvalue weighted by molar-refractivity contribution is 5.48. The van der Waals surface area contributed by atoms with E-state index in [4.69, 9.17) is 0 Å².